The molecule has 84 valence electrons. The van der Waals surface area contributed by atoms with Crippen LogP contribution in [0.3, 0.4) is 0 Å². The molecule has 1 heterocycles. The molecule has 0 N–H and O–H groups in total. The lowest BCUT2D eigenvalue weighted by Gasteiger charge is -2.20. The van der Waals surface area contributed by atoms with Crippen molar-refractivity contribution in [3.8, 4) is 0 Å². The molecule has 4 nitrogen and oxygen atoms in total. The Balaban J connectivity index is 2.56. The van der Waals surface area contributed by atoms with Crippen molar-refractivity contribution in [2.75, 3.05) is 32.2 Å². The van der Waals surface area contributed by atoms with Crippen LogP contribution in [0, 0.1) is 6.92 Å². The molecular weight excluding hydrogens is 258 g/mol. The first-order chi connectivity index (χ1) is 7.13. The van der Waals surface area contributed by atoms with Crippen molar-refractivity contribution >= 4 is 21.7 Å². The van der Waals surface area contributed by atoms with Gasteiger partial charge < -0.3 is 9.64 Å². The van der Waals surface area contributed by atoms with E-state index < -0.39 is 0 Å². The van der Waals surface area contributed by atoms with E-state index in [1.165, 1.54) is 0 Å². The molecule has 0 aliphatic carbocycles. The van der Waals surface area contributed by atoms with E-state index in [0.717, 1.165) is 17.9 Å². The maximum Gasteiger partial charge on any atom is 0.151 e. The topological polar surface area (TPSA) is 38.2 Å². The second kappa shape index (κ2) is 6.02. The van der Waals surface area contributed by atoms with Gasteiger partial charge in [0.2, 0.25) is 0 Å². The molecule has 0 aliphatic rings. The standard InChI is InChI=1S/C10H16BrN3O/c1-8-4-10(13-12-5-8)14(2)6-9(11)7-15-3/h4-5,9H,6-7H2,1-3H3. The monoisotopic (exact) mass is 273 g/mol. The summed E-state index contributed by atoms with van der Waals surface area (Å²) in [4.78, 5) is 2.35. The third-order valence-electron chi connectivity index (χ3n) is 1.99. The highest BCUT2D eigenvalue weighted by atomic mass is 79.9. The quantitative estimate of drug-likeness (QED) is 0.765. The number of ether oxygens (including phenoxy) is 1. The lowest BCUT2D eigenvalue weighted by molar-refractivity contribution is 0.201. The molecule has 0 amide bonds. The summed E-state index contributed by atoms with van der Waals surface area (Å²) in [5, 5.41) is 7.99. The highest BCUT2D eigenvalue weighted by Crippen LogP contribution is 2.11. The number of hydrogen-bond acceptors (Lipinski definition) is 4. The van der Waals surface area contributed by atoms with E-state index in [1.54, 1.807) is 13.3 Å². The van der Waals surface area contributed by atoms with Gasteiger partial charge in [-0.05, 0) is 18.6 Å². The van der Waals surface area contributed by atoms with Crippen LogP contribution in [0.2, 0.25) is 0 Å². The number of halogens is 1. The number of nitrogens with zero attached hydrogens (tertiary/aromatic N) is 3. The molecule has 0 aliphatic heterocycles. The molecule has 5 heteroatoms. The van der Waals surface area contributed by atoms with Gasteiger partial charge in [0.1, 0.15) is 0 Å². The van der Waals surface area contributed by atoms with Crippen LogP contribution < -0.4 is 4.90 Å². The number of alkyl halides is 1. The van der Waals surface area contributed by atoms with E-state index >= 15 is 0 Å². The molecule has 0 saturated heterocycles. The van der Waals surface area contributed by atoms with Gasteiger partial charge in [0, 0.05) is 20.7 Å². The number of rotatable bonds is 5. The number of hydrogen-bond donors (Lipinski definition) is 0. The van der Waals surface area contributed by atoms with Gasteiger partial charge in [-0.25, -0.2) is 0 Å². The predicted molar refractivity (Wildman–Crippen MR) is 64.6 cm³/mol. The number of methoxy groups -OCH3 is 1. The van der Waals surface area contributed by atoms with Crippen LogP contribution in [-0.2, 0) is 4.74 Å². The Hall–Kier alpha value is -0.680. The third kappa shape index (κ3) is 4.13. The van der Waals surface area contributed by atoms with Crippen molar-refractivity contribution in [2.24, 2.45) is 0 Å². The van der Waals surface area contributed by atoms with E-state index in [1.807, 2.05) is 20.0 Å². The van der Waals surface area contributed by atoms with Gasteiger partial charge in [-0.1, -0.05) is 15.9 Å². The summed E-state index contributed by atoms with van der Waals surface area (Å²) >= 11 is 3.54. The van der Waals surface area contributed by atoms with Crippen molar-refractivity contribution in [3.05, 3.63) is 17.8 Å². The predicted octanol–water partition coefficient (Wildman–Crippen LogP) is 1.63. The molecule has 1 aromatic rings. The minimum atomic E-state index is 0.301. The second-order valence-corrected chi connectivity index (χ2v) is 4.82. The van der Waals surface area contributed by atoms with Crippen LogP contribution in [0.1, 0.15) is 5.56 Å². The minimum Gasteiger partial charge on any atom is -0.383 e. The van der Waals surface area contributed by atoms with Gasteiger partial charge in [-0.3, -0.25) is 0 Å². The Morgan fingerprint density at radius 3 is 2.93 bits per heavy atom. The Morgan fingerprint density at radius 1 is 1.60 bits per heavy atom. The molecule has 0 aromatic carbocycles. The van der Waals surface area contributed by atoms with Crippen LogP contribution >= 0.6 is 15.9 Å². The molecule has 0 saturated carbocycles. The fourth-order valence-electron chi connectivity index (χ4n) is 1.26. The number of aryl methyl sites for hydroxylation is 1. The van der Waals surface area contributed by atoms with Crippen molar-refractivity contribution in [1.29, 1.82) is 0 Å². The molecule has 0 fully saturated rings. The number of anilines is 1. The molecule has 1 rings (SSSR count). The highest BCUT2D eigenvalue weighted by molar-refractivity contribution is 9.09. The van der Waals surface area contributed by atoms with Gasteiger partial charge in [0.05, 0.1) is 17.6 Å². The van der Waals surface area contributed by atoms with Crippen molar-refractivity contribution in [3.63, 3.8) is 0 Å². The highest BCUT2D eigenvalue weighted by Gasteiger charge is 2.09. The molecule has 0 bridgehead atoms. The maximum atomic E-state index is 5.05. The van der Waals surface area contributed by atoms with E-state index in [9.17, 15) is 0 Å². The lowest BCUT2D eigenvalue weighted by Crippen LogP contribution is -2.29. The zero-order valence-electron chi connectivity index (χ0n) is 9.27. The largest absolute Gasteiger partial charge is 0.383 e. The van der Waals surface area contributed by atoms with Gasteiger partial charge in [-0.15, -0.1) is 5.10 Å². The van der Waals surface area contributed by atoms with Gasteiger partial charge >= 0.3 is 0 Å². The first-order valence-electron chi connectivity index (χ1n) is 4.77. The van der Waals surface area contributed by atoms with Gasteiger partial charge in [0.15, 0.2) is 5.82 Å². The van der Waals surface area contributed by atoms with Crippen LogP contribution in [0.15, 0.2) is 12.3 Å². The Bertz CT molecular complexity index is 308. The van der Waals surface area contributed by atoms with Crippen molar-refractivity contribution < 1.29 is 4.74 Å². The minimum absolute atomic E-state index is 0.301. The zero-order valence-corrected chi connectivity index (χ0v) is 10.9. The van der Waals surface area contributed by atoms with Crippen molar-refractivity contribution in [1.82, 2.24) is 10.2 Å². The average Bonchev–Trinajstić information content (AvgIpc) is 2.18. The van der Waals surface area contributed by atoms with Crippen LogP contribution in [0.5, 0.6) is 0 Å². The Labute approximate surface area is 98.8 Å². The van der Waals surface area contributed by atoms with E-state index in [0.29, 0.717) is 11.4 Å². The Morgan fingerprint density at radius 2 is 2.33 bits per heavy atom. The maximum absolute atomic E-state index is 5.05. The summed E-state index contributed by atoms with van der Waals surface area (Å²) in [7, 11) is 3.69. The smallest absolute Gasteiger partial charge is 0.151 e. The summed E-state index contributed by atoms with van der Waals surface area (Å²) in [5.41, 5.74) is 1.12. The molecule has 0 spiro atoms. The summed E-state index contributed by atoms with van der Waals surface area (Å²) in [5.74, 6) is 0.885. The molecule has 1 aromatic heterocycles. The average molecular weight is 274 g/mol. The lowest BCUT2D eigenvalue weighted by atomic mass is 10.3. The first-order valence-corrected chi connectivity index (χ1v) is 5.68. The van der Waals surface area contributed by atoms with E-state index in [2.05, 4.69) is 31.0 Å². The fraction of sp³-hybridized carbons (Fsp3) is 0.600. The van der Waals surface area contributed by atoms with Gasteiger partial charge in [-0.2, -0.15) is 5.10 Å². The van der Waals surface area contributed by atoms with Gasteiger partial charge in [0.25, 0.3) is 0 Å². The molecule has 1 atom stereocenters. The summed E-state index contributed by atoms with van der Waals surface area (Å²) in [6.07, 6.45) is 1.75. The van der Waals surface area contributed by atoms with E-state index in [4.69, 9.17) is 4.74 Å². The molecule has 1 unspecified atom stereocenters. The summed E-state index contributed by atoms with van der Waals surface area (Å²) in [6, 6.07) is 2.01. The third-order valence-corrected chi connectivity index (χ3v) is 2.54. The molecule has 0 radical (unpaired) electrons. The fourth-order valence-corrected chi connectivity index (χ4v) is 1.96. The SMILES string of the molecule is COCC(Br)CN(C)c1cc(C)cnn1. The Kier molecular flexibility index (Phi) is 4.98. The molecule has 15 heavy (non-hydrogen) atoms. The second-order valence-electron chi connectivity index (χ2n) is 3.52. The normalized spacial score (nSPS) is 12.5. The van der Waals surface area contributed by atoms with Crippen LogP contribution in [0.25, 0.3) is 0 Å². The van der Waals surface area contributed by atoms with E-state index in [-0.39, 0.29) is 0 Å². The number of aromatic nitrogens is 2. The van der Waals surface area contributed by atoms with Crippen LogP contribution in [0.4, 0.5) is 5.82 Å². The van der Waals surface area contributed by atoms with Crippen molar-refractivity contribution in [2.45, 2.75) is 11.8 Å². The summed E-state index contributed by atoms with van der Waals surface area (Å²) in [6.45, 7) is 3.53. The zero-order chi connectivity index (χ0) is 11.3. The van der Waals surface area contributed by atoms with Crippen LogP contribution in [-0.4, -0.2) is 42.3 Å². The first kappa shape index (κ1) is 12.4. The molecular formula is C10H16BrN3O. The summed E-state index contributed by atoms with van der Waals surface area (Å²) < 4.78 is 5.05.